The summed E-state index contributed by atoms with van der Waals surface area (Å²) in [6.45, 7) is 11.6. The van der Waals surface area contributed by atoms with Gasteiger partial charge in [-0.1, -0.05) is 160 Å². The first-order valence-corrected chi connectivity index (χ1v) is 24.6. The highest BCUT2D eigenvalue weighted by Crippen LogP contribution is 2.37. The fourth-order valence-electron chi connectivity index (χ4n) is 8.18. The van der Waals surface area contributed by atoms with Gasteiger partial charge >= 0.3 is 6.09 Å². The molecule has 60 heavy (non-hydrogen) atoms. The average Bonchev–Trinajstić information content (AvgIpc) is 3.40. The predicted molar refractivity (Wildman–Crippen MR) is 242 cm³/mol. The number of benzene rings is 2. The molecule has 12 heteroatoms. The van der Waals surface area contributed by atoms with Crippen molar-refractivity contribution >= 4 is 45.1 Å². The van der Waals surface area contributed by atoms with Crippen molar-refractivity contribution in [1.29, 1.82) is 0 Å². The fraction of sp³-hybridized carbons (Fsp3) is 0.667. The highest BCUT2D eigenvalue weighted by Gasteiger charge is 2.55. The Labute approximate surface area is 361 Å². The van der Waals surface area contributed by atoms with E-state index in [1.807, 2.05) is 19.9 Å². The Morgan fingerprint density at radius 3 is 1.82 bits per heavy atom. The van der Waals surface area contributed by atoms with Crippen LogP contribution in [0.2, 0.25) is 0 Å². The number of cyclic esters (lactones) is 1. The van der Waals surface area contributed by atoms with Gasteiger partial charge in [0.25, 0.3) is 21.8 Å². The SMILES string of the molecule is CCCCCCCCCCCCCCCCCCN1C(C(C(=O)Nc2cc(C)cc(C)c2OCCCCCCCC)N2C(=O)OC(C)(C)C2=O)=Nc2ccccc2S1(=O)=O. The lowest BCUT2D eigenvalue weighted by Crippen LogP contribution is -2.59. The Morgan fingerprint density at radius 1 is 0.767 bits per heavy atom. The number of carbonyl (C=O) groups excluding carboxylic acids is 3. The van der Waals surface area contributed by atoms with Gasteiger partial charge in [-0.25, -0.2) is 23.1 Å². The van der Waals surface area contributed by atoms with Crippen molar-refractivity contribution in [2.24, 2.45) is 4.99 Å². The summed E-state index contributed by atoms with van der Waals surface area (Å²) < 4.78 is 41.7. The third kappa shape index (κ3) is 13.8. The first-order chi connectivity index (χ1) is 28.8. The number of sulfonamides is 1. The number of hydrogen-bond donors (Lipinski definition) is 1. The van der Waals surface area contributed by atoms with Crippen molar-refractivity contribution in [1.82, 2.24) is 9.21 Å². The first kappa shape index (κ1) is 48.7. The number of amidine groups is 1. The van der Waals surface area contributed by atoms with Gasteiger partial charge in [0.2, 0.25) is 0 Å². The number of rotatable bonds is 29. The molecule has 0 saturated carbocycles. The molecule has 334 valence electrons. The van der Waals surface area contributed by atoms with E-state index in [0.717, 1.165) is 65.3 Å². The number of hydrogen-bond acceptors (Lipinski definition) is 8. The summed E-state index contributed by atoms with van der Waals surface area (Å²) in [4.78, 5) is 47.7. The summed E-state index contributed by atoms with van der Waals surface area (Å²) in [5, 5.41) is 2.93. The lowest BCUT2D eigenvalue weighted by Gasteiger charge is -2.35. The summed E-state index contributed by atoms with van der Waals surface area (Å²) in [7, 11) is -4.23. The average molecular weight is 851 g/mol. The molecule has 11 nitrogen and oxygen atoms in total. The van der Waals surface area contributed by atoms with Crippen molar-refractivity contribution in [2.45, 2.75) is 199 Å². The van der Waals surface area contributed by atoms with E-state index in [2.05, 4.69) is 19.2 Å². The molecule has 2 aliphatic heterocycles. The molecule has 0 bridgehead atoms. The van der Waals surface area contributed by atoms with E-state index < -0.39 is 39.6 Å². The molecule has 1 N–H and O–H groups in total. The van der Waals surface area contributed by atoms with Crippen molar-refractivity contribution in [2.75, 3.05) is 18.5 Å². The minimum Gasteiger partial charge on any atom is -0.491 e. The van der Waals surface area contributed by atoms with Crippen LogP contribution in [0.5, 0.6) is 5.75 Å². The van der Waals surface area contributed by atoms with E-state index in [1.54, 1.807) is 24.3 Å². The minimum absolute atomic E-state index is 0.000236. The Morgan fingerprint density at radius 2 is 1.28 bits per heavy atom. The van der Waals surface area contributed by atoms with Crippen LogP contribution in [0.25, 0.3) is 0 Å². The topological polar surface area (TPSA) is 135 Å². The van der Waals surface area contributed by atoms with Crippen LogP contribution in [0.4, 0.5) is 16.2 Å². The van der Waals surface area contributed by atoms with E-state index in [1.165, 1.54) is 110 Å². The molecule has 3 amide bonds. The third-order valence-corrected chi connectivity index (χ3v) is 13.4. The lowest BCUT2D eigenvalue weighted by atomic mass is 10.0. The normalized spacial score (nSPS) is 16.1. The summed E-state index contributed by atoms with van der Waals surface area (Å²) in [6.07, 6.45) is 24.3. The number of carbonyl (C=O) groups is 3. The number of amides is 3. The number of fused-ring (bicyclic) bond motifs is 1. The molecule has 4 rings (SSSR count). The molecule has 1 fully saturated rings. The maximum atomic E-state index is 14.8. The highest BCUT2D eigenvalue weighted by molar-refractivity contribution is 7.90. The van der Waals surface area contributed by atoms with Gasteiger partial charge < -0.3 is 14.8 Å². The van der Waals surface area contributed by atoms with Crippen LogP contribution in [0.3, 0.4) is 0 Å². The van der Waals surface area contributed by atoms with Gasteiger partial charge in [0.05, 0.1) is 18.0 Å². The molecule has 2 heterocycles. The number of aryl methyl sites for hydroxylation is 2. The van der Waals surface area contributed by atoms with Crippen LogP contribution in [0, 0.1) is 13.8 Å². The maximum absolute atomic E-state index is 14.8. The number of nitrogens with one attached hydrogen (secondary N) is 1. The second kappa shape index (κ2) is 24.5. The van der Waals surface area contributed by atoms with Crippen LogP contribution in [0.15, 0.2) is 46.3 Å². The van der Waals surface area contributed by atoms with Crippen molar-refractivity contribution in [3.8, 4) is 5.75 Å². The van der Waals surface area contributed by atoms with Crippen LogP contribution < -0.4 is 10.1 Å². The molecule has 1 saturated heterocycles. The third-order valence-electron chi connectivity index (χ3n) is 11.6. The summed E-state index contributed by atoms with van der Waals surface area (Å²) in [6, 6.07) is 8.31. The molecule has 2 aromatic carbocycles. The van der Waals surface area contributed by atoms with E-state index >= 15 is 0 Å². The number of aliphatic imine (C=N–C) groups is 1. The van der Waals surface area contributed by atoms with Gasteiger partial charge in [-0.05, 0) is 69.9 Å². The number of unbranched alkanes of at least 4 members (excludes halogenated alkanes) is 20. The number of nitrogens with zero attached hydrogens (tertiary/aromatic N) is 3. The molecule has 0 spiro atoms. The van der Waals surface area contributed by atoms with E-state index in [4.69, 9.17) is 14.5 Å². The van der Waals surface area contributed by atoms with Gasteiger partial charge in [-0.2, -0.15) is 0 Å². The van der Waals surface area contributed by atoms with E-state index in [-0.39, 0.29) is 23.0 Å². The van der Waals surface area contributed by atoms with Crippen molar-refractivity contribution in [3.63, 3.8) is 0 Å². The molecular weight excluding hydrogens is 777 g/mol. The Hall–Kier alpha value is -3.93. The Balaban J connectivity index is 1.49. The van der Waals surface area contributed by atoms with Gasteiger partial charge in [0, 0.05) is 6.54 Å². The molecule has 1 unspecified atom stereocenters. The van der Waals surface area contributed by atoms with Crippen molar-refractivity contribution < 1.29 is 32.3 Å². The Kier molecular flexibility index (Phi) is 19.9. The lowest BCUT2D eigenvalue weighted by molar-refractivity contribution is -0.137. The van der Waals surface area contributed by atoms with Gasteiger partial charge in [-0.15, -0.1) is 0 Å². The monoisotopic (exact) mass is 851 g/mol. The number of imide groups is 1. The molecule has 2 aliphatic rings. The number of para-hydroxylation sites is 1. The number of ether oxygens (including phenoxy) is 2. The molecule has 2 aromatic rings. The largest absolute Gasteiger partial charge is 0.491 e. The van der Waals surface area contributed by atoms with Crippen LogP contribution >= 0.6 is 0 Å². The maximum Gasteiger partial charge on any atom is 0.418 e. The second-order valence-corrected chi connectivity index (χ2v) is 19.2. The van der Waals surface area contributed by atoms with E-state index in [9.17, 15) is 22.8 Å². The zero-order chi connectivity index (χ0) is 43.5. The van der Waals surface area contributed by atoms with Crippen LogP contribution in [-0.4, -0.2) is 66.2 Å². The quantitative estimate of drug-likeness (QED) is 0.0805. The molecule has 0 aliphatic carbocycles. The zero-order valence-electron chi connectivity index (χ0n) is 37.6. The van der Waals surface area contributed by atoms with Crippen LogP contribution in [-0.2, 0) is 24.3 Å². The zero-order valence-corrected chi connectivity index (χ0v) is 38.4. The Bertz CT molecular complexity index is 1840. The van der Waals surface area contributed by atoms with Gasteiger partial charge in [0.15, 0.2) is 17.5 Å². The van der Waals surface area contributed by atoms with E-state index in [0.29, 0.717) is 24.5 Å². The summed E-state index contributed by atoms with van der Waals surface area (Å²) in [5.74, 6) is -1.33. The number of anilines is 1. The molecule has 0 aromatic heterocycles. The predicted octanol–water partition coefficient (Wildman–Crippen LogP) is 12.1. The standard InChI is InChI=1S/C48H74N4O7S/c1-7-9-11-13-15-16-17-18-19-20-21-22-23-24-25-29-33-51-44(49-39-31-27-28-32-41(39)60(51,56)57)42(52-46(54)48(5,6)59-47(52)55)45(53)50-40-36-37(3)35-38(4)43(40)58-34-30-26-14-12-10-8-2/h27-28,31-32,35-36,42H,7-26,29-30,33-34H2,1-6H3,(H,50,53). The van der Waals surface area contributed by atoms with Gasteiger partial charge in [0.1, 0.15) is 10.6 Å². The highest BCUT2D eigenvalue weighted by atomic mass is 32.2. The first-order valence-electron chi connectivity index (χ1n) is 23.1. The summed E-state index contributed by atoms with van der Waals surface area (Å²) in [5.41, 5.74) is 0.577. The smallest absolute Gasteiger partial charge is 0.418 e. The second-order valence-electron chi connectivity index (χ2n) is 17.3. The van der Waals surface area contributed by atoms with Crippen LogP contribution in [0.1, 0.15) is 180 Å². The fourth-order valence-corrected chi connectivity index (χ4v) is 9.80. The van der Waals surface area contributed by atoms with Gasteiger partial charge in [-0.3, -0.25) is 13.9 Å². The minimum atomic E-state index is -4.23. The molecule has 0 radical (unpaired) electrons. The van der Waals surface area contributed by atoms with Crippen molar-refractivity contribution in [3.05, 3.63) is 47.5 Å². The summed E-state index contributed by atoms with van der Waals surface area (Å²) >= 11 is 0. The molecular formula is C48H74N4O7S. The molecule has 1 atom stereocenters.